The van der Waals surface area contributed by atoms with E-state index in [4.69, 9.17) is 5.73 Å². The molecule has 188 valence electrons. The second-order valence-corrected chi connectivity index (χ2v) is 8.45. The van der Waals surface area contributed by atoms with Crippen molar-refractivity contribution < 1.29 is 22.8 Å². The number of alkyl halides is 3. The highest BCUT2D eigenvalue weighted by Crippen LogP contribution is 2.38. The van der Waals surface area contributed by atoms with Crippen LogP contribution in [0.3, 0.4) is 0 Å². The van der Waals surface area contributed by atoms with E-state index in [1.165, 1.54) is 18.5 Å². The van der Waals surface area contributed by atoms with E-state index in [9.17, 15) is 22.8 Å². The van der Waals surface area contributed by atoms with Crippen molar-refractivity contribution in [2.45, 2.75) is 37.9 Å². The summed E-state index contributed by atoms with van der Waals surface area (Å²) in [6, 6.07) is 7.71. The number of benzene rings is 1. The Morgan fingerprint density at radius 2 is 1.97 bits per heavy atom. The average molecular weight is 499 g/mol. The van der Waals surface area contributed by atoms with Gasteiger partial charge in [0.2, 0.25) is 11.9 Å². The van der Waals surface area contributed by atoms with Gasteiger partial charge in [-0.3, -0.25) is 14.6 Å². The maximum absolute atomic E-state index is 13.3. The number of hydrogen-bond acceptors (Lipinski definition) is 6. The van der Waals surface area contributed by atoms with E-state index in [1.807, 2.05) is 0 Å². The molecule has 1 aliphatic heterocycles. The third kappa shape index (κ3) is 5.78. The van der Waals surface area contributed by atoms with Gasteiger partial charge in [-0.05, 0) is 49.1 Å². The maximum Gasteiger partial charge on any atom is 0.416 e. The minimum absolute atomic E-state index is 0.0255. The third-order valence-electron chi connectivity index (χ3n) is 6.02. The van der Waals surface area contributed by atoms with E-state index >= 15 is 0 Å². The van der Waals surface area contributed by atoms with Gasteiger partial charge >= 0.3 is 6.18 Å². The Kier molecular flexibility index (Phi) is 7.47. The molecule has 1 saturated heterocycles. The third-order valence-corrected chi connectivity index (χ3v) is 6.02. The minimum atomic E-state index is -4.50. The summed E-state index contributed by atoms with van der Waals surface area (Å²) in [4.78, 5) is 39.3. The lowest BCUT2D eigenvalue weighted by Crippen LogP contribution is -2.40. The predicted molar refractivity (Wildman–Crippen MR) is 126 cm³/mol. The van der Waals surface area contributed by atoms with Crippen molar-refractivity contribution in [1.82, 2.24) is 25.2 Å². The summed E-state index contributed by atoms with van der Waals surface area (Å²) in [7, 11) is 0. The fourth-order valence-corrected chi connectivity index (χ4v) is 4.29. The molecule has 0 bridgehead atoms. The summed E-state index contributed by atoms with van der Waals surface area (Å²) in [6.45, 7) is 0.591. The normalized spacial score (nSPS) is 16.0. The zero-order chi connectivity index (χ0) is 25.7. The van der Waals surface area contributed by atoms with Crippen LogP contribution in [-0.4, -0.2) is 44.8 Å². The number of nitrogens with two attached hydrogens (primary N) is 1. The number of rotatable bonds is 6. The lowest BCUT2D eigenvalue weighted by atomic mass is 9.93. The highest BCUT2D eigenvalue weighted by Gasteiger charge is 2.33. The Hall–Kier alpha value is -4.02. The number of anilines is 1. The molecule has 3 heterocycles. The molecular formula is C25H25F3N6O2. The maximum atomic E-state index is 13.3. The van der Waals surface area contributed by atoms with Crippen molar-refractivity contribution in [2.75, 3.05) is 18.8 Å². The van der Waals surface area contributed by atoms with Crippen molar-refractivity contribution in [3.8, 4) is 11.1 Å². The Bertz CT molecular complexity index is 1240. The lowest BCUT2D eigenvalue weighted by Gasteiger charge is -2.36. The lowest BCUT2D eigenvalue weighted by molar-refractivity contribution is -0.137. The van der Waals surface area contributed by atoms with Crippen LogP contribution in [0.25, 0.3) is 11.1 Å². The number of nitrogens with one attached hydrogen (secondary N) is 1. The van der Waals surface area contributed by atoms with Crippen LogP contribution < -0.4 is 11.1 Å². The summed E-state index contributed by atoms with van der Waals surface area (Å²) in [5, 5.41) is 2.71. The molecule has 1 unspecified atom stereocenters. The van der Waals surface area contributed by atoms with E-state index in [0.29, 0.717) is 35.3 Å². The Balaban J connectivity index is 1.55. The highest BCUT2D eigenvalue weighted by molar-refractivity contribution is 5.94. The number of nitrogen functional groups attached to an aromatic ring is 1. The van der Waals surface area contributed by atoms with Crippen LogP contribution in [0.5, 0.6) is 0 Å². The van der Waals surface area contributed by atoms with Gasteiger partial charge in [0.1, 0.15) is 0 Å². The van der Waals surface area contributed by atoms with Crippen LogP contribution in [0.2, 0.25) is 0 Å². The van der Waals surface area contributed by atoms with Crippen LogP contribution in [0.4, 0.5) is 19.1 Å². The number of piperidine rings is 1. The van der Waals surface area contributed by atoms with Gasteiger partial charge in [0, 0.05) is 43.7 Å². The number of pyridine rings is 1. The first kappa shape index (κ1) is 25.1. The monoisotopic (exact) mass is 498 g/mol. The summed E-state index contributed by atoms with van der Waals surface area (Å²) in [5.41, 5.74) is 6.54. The molecular weight excluding hydrogens is 473 g/mol. The largest absolute Gasteiger partial charge is 0.416 e. The number of hydrogen-bond donors (Lipinski definition) is 2. The number of carbonyl (C=O) groups excluding carboxylic acids is 2. The SMILES string of the molecule is Nc1ncc(-c2cccc(C(F)(F)F)c2)c(C2CCCCN2C(=O)CCNC(=O)c2cccnc2)n1. The first-order valence-corrected chi connectivity index (χ1v) is 11.5. The van der Waals surface area contributed by atoms with Crippen LogP contribution in [-0.2, 0) is 11.0 Å². The van der Waals surface area contributed by atoms with Gasteiger partial charge < -0.3 is 16.0 Å². The van der Waals surface area contributed by atoms with Crippen molar-refractivity contribution >= 4 is 17.8 Å². The molecule has 3 aromatic rings. The van der Waals surface area contributed by atoms with Gasteiger partial charge in [-0.1, -0.05) is 12.1 Å². The number of amides is 2. The Morgan fingerprint density at radius 3 is 2.72 bits per heavy atom. The molecule has 11 heteroatoms. The number of aromatic nitrogens is 3. The van der Waals surface area contributed by atoms with Crippen molar-refractivity contribution in [3.63, 3.8) is 0 Å². The Morgan fingerprint density at radius 1 is 1.14 bits per heavy atom. The fraction of sp³-hybridized carbons (Fsp3) is 0.320. The molecule has 2 aromatic heterocycles. The van der Waals surface area contributed by atoms with E-state index in [1.54, 1.807) is 29.3 Å². The number of nitrogens with zero attached hydrogens (tertiary/aromatic N) is 4. The van der Waals surface area contributed by atoms with Crippen LogP contribution >= 0.6 is 0 Å². The van der Waals surface area contributed by atoms with Gasteiger partial charge in [0.15, 0.2) is 0 Å². The van der Waals surface area contributed by atoms with E-state index < -0.39 is 17.8 Å². The number of likely N-dealkylation sites (tertiary alicyclic amines) is 1. The van der Waals surface area contributed by atoms with Gasteiger partial charge in [0.05, 0.1) is 22.9 Å². The van der Waals surface area contributed by atoms with E-state index in [0.717, 1.165) is 25.0 Å². The van der Waals surface area contributed by atoms with Gasteiger partial charge in [-0.2, -0.15) is 13.2 Å². The van der Waals surface area contributed by atoms with Crippen molar-refractivity contribution in [2.24, 2.45) is 0 Å². The van der Waals surface area contributed by atoms with Crippen molar-refractivity contribution in [1.29, 1.82) is 0 Å². The van der Waals surface area contributed by atoms with Gasteiger partial charge in [0.25, 0.3) is 5.91 Å². The molecule has 1 aliphatic rings. The molecule has 4 rings (SSSR count). The zero-order valence-electron chi connectivity index (χ0n) is 19.3. The number of halogens is 3. The second kappa shape index (κ2) is 10.7. The van der Waals surface area contributed by atoms with E-state index in [-0.39, 0.29) is 30.7 Å². The van der Waals surface area contributed by atoms with Crippen LogP contribution in [0, 0.1) is 0 Å². The van der Waals surface area contributed by atoms with Gasteiger partial charge in [-0.15, -0.1) is 0 Å². The molecule has 8 nitrogen and oxygen atoms in total. The highest BCUT2D eigenvalue weighted by atomic mass is 19.4. The molecule has 3 N–H and O–H groups in total. The first-order valence-electron chi connectivity index (χ1n) is 11.5. The summed E-state index contributed by atoms with van der Waals surface area (Å²) < 4.78 is 40.0. The van der Waals surface area contributed by atoms with Crippen molar-refractivity contribution in [3.05, 3.63) is 71.8 Å². The van der Waals surface area contributed by atoms with Crippen LogP contribution in [0.1, 0.15) is 53.3 Å². The summed E-state index contributed by atoms with van der Waals surface area (Å²) in [6.07, 6.45) is 2.13. The zero-order valence-corrected chi connectivity index (χ0v) is 19.3. The van der Waals surface area contributed by atoms with Crippen LogP contribution in [0.15, 0.2) is 55.0 Å². The molecule has 0 saturated carbocycles. The quantitative estimate of drug-likeness (QED) is 0.531. The fourth-order valence-electron chi connectivity index (χ4n) is 4.29. The molecule has 0 aliphatic carbocycles. The molecule has 1 fully saturated rings. The standard InChI is InChI=1S/C25H25F3N6O2/c26-25(27,28)18-7-3-5-16(13-18)19-15-32-24(29)33-22(19)20-8-1-2-12-34(20)21(35)9-11-31-23(36)17-6-4-10-30-14-17/h3-7,10,13-15,20H,1-2,8-9,11-12H2,(H,31,36)(H2,29,32,33). The molecule has 1 aromatic carbocycles. The number of carbonyl (C=O) groups is 2. The Labute approximate surface area is 205 Å². The topological polar surface area (TPSA) is 114 Å². The van der Waals surface area contributed by atoms with E-state index in [2.05, 4.69) is 20.3 Å². The van der Waals surface area contributed by atoms with Gasteiger partial charge in [-0.25, -0.2) is 9.97 Å². The smallest absolute Gasteiger partial charge is 0.368 e. The molecule has 0 spiro atoms. The molecule has 1 atom stereocenters. The molecule has 2 amide bonds. The molecule has 0 radical (unpaired) electrons. The second-order valence-electron chi connectivity index (χ2n) is 8.45. The summed E-state index contributed by atoms with van der Waals surface area (Å²) >= 11 is 0. The minimum Gasteiger partial charge on any atom is -0.368 e. The predicted octanol–water partition coefficient (Wildman–Crippen LogP) is 4.01. The average Bonchev–Trinajstić information content (AvgIpc) is 2.88. The first-order chi connectivity index (χ1) is 17.2. The summed E-state index contributed by atoms with van der Waals surface area (Å²) in [5.74, 6) is -0.553. The molecule has 36 heavy (non-hydrogen) atoms.